The number of nitrogens with one attached hydrogen (secondary N) is 1. The van der Waals surface area contributed by atoms with Gasteiger partial charge in [-0.15, -0.1) is 11.8 Å². The summed E-state index contributed by atoms with van der Waals surface area (Å²) in [7, 11) is -4.50. The van der Waals surface area contributed by atoms with Crippen LogP contribution >= 0.6 is 19.4 Å². The van der Waals surface area contributed by atoms with E-state index in [4.69, 9.17) is 4.74 Å². The smallest absolute Gasteiger partial charge is 0.342 e. The quantitative estimate of drug-likeness (QED) is 0.197. The predicted octanol–water partition coefficient (Wildman–Crippen LogP) is 2.67. The van der Waals surface area contributed by atoms with E-state index in [1.165, 1.54) is 17.2 Å². The van der Waals surface area contributed by atoms with Crippen molar-refractivity contribution < 1.29 is 29.3 Å². The van der Waals surface area contributed by atoms with Crippen molar-refractivity contribution in [1.29, 1.82) is 0 Å². The number of imidazole rings is 1. The van der Waals surface area contributed by atoms with Crippen LogP contribution < -0.4 is 5.32 Å². The van der Waals surface area contributed by atoms with Gasteiger partial charge in [0.25, 0.3) is 0 Å². The second kappa shape index (κ2) is 10.9. The fourth-order valence-electron chi connectivity index (χ4n) is 4.24. The average Bonchev–Trinajstić information content (AvgIpc) is 3.45. The zero-order valence-corrected chi connectivity index (χ0v) is 21.2. The van der Waals surface area contributed by atoms with Crippen molar-refractivity contribution in [1.82, 2.24) is 19.5 Å². The van der Waals surface area contributed by atoms with Crippen LogP contribution in [-0.2, 0) is 15.8 Å². The Morgan fingerprint density at radius 3 is 2.41 bits per heavy atom. The van der Waals surface area contributed by atoms with Crippen molar-refractivity contribution >= 4 is 36.3 Å². The molecule has 4 aromatic rings. The highest BCUT2D eigenvalue weighted by molar-refractivity contribution is 8.04. The molecule has 194 valence electrons. The highest BCUT2D eigenvalue weighted by Gasteiger charge is 2.45. The maximum absolute atomic E-state index is 12.1. The standard InChI is InChI=1S/C24H26N5O6PS/c30-19-17(12-37-24(36(32,33)34)16-9-5-2-6-10-16)35-23(20(19)31)29-14-28-18-21(26-13-27-22(18)29)25-11-15-7-3-1-4-8-15/h1-10,13-14,17,19-20,23-24,30-31H,11-12H2,(H,25,26,27)(H2,32,33,34)/t17-,19-,20?,23-,24?/m1/s1. The minimum Gasteiger partial charge on any atom is -0.387 e. The predicted molar refractivity (Wildman–Crippen MR) is 139 cm³/mol. The second-order valence-electron chi connectivity index (χ2n) is 8.62. The Morgan fingerprint density at radius 1 is 1.00 bits per heavy atom. The Kier molecular flexibility index (Phi) is 7.59. The largest absolute Gasteiger partial charge is 0.387 e. The molecule has 3 heterocycles. The van der Waals surface area contributed by atoms with Crippen LogP contribution in [0.4, 0.5) is 5.82 Å². The third kappa shape index (κ3) is 5.55. The van der Waals surface area contributed by atoms with Gasteiger partial charge < -0.3 is 30.1 Å². The summed E-state index contributed by atoms with van der Waals surface area (Å²) in [6.07, 6.45) is -1.61. The molecule has 0 amide bonds. The summed E-state index contributed by atoms with van der Waals surface area (Å²) in [6, 6.07) is 18.3. The lowest BCUT2D eigenvalue weighted by molar-refractivity contribution is -0.0289. The molecule has 5 N–H and O–H groups in total. The van der Waals surface area contributed by atoms with Crippen LogP contribution in [-0.4, -0.2) is 63.6 Å². The minimum atomic E-state index is -4.50. The molecule has 5 atom stereocenters. The first-order valence-electron chi connectivity index (χ1n) is 11.5. The van der Waals surface area contributed by atoms with E-state index < -0.39 is 37.1 Å². The van der Waals surface area contributed by atoms with Crippen molar-refractivity contribution in [3.63, 3.8) is 0 Å². The van der Waals surface area contributed by atoms with E-state index in [1.807, 2.05) is 30.3 Å². The lowest BCUT2D eigenvalue weighted by Crippen LogP contribution is -2.32. The lowest BCUT2D eigenvalue weighted by atomic mass is 10.1. The number of hydrogen-bond acceptors (Lipinski definition) is 9. The number of aromatic nitrogens is 4. The topological polar surface area (TPSA) is 163 Å². The Bertz CT molecular complexity index is 1390. The van der Waals surface area contributed by atoms with Gasteiger partial charge in [0, 0.05) is 12.3 Å². The van der Waals surface area contributed by atoms with Crippen LogP contribution in [0.2, 0.25) is 0 Å². The van der Waals surface area contributed by atoms with Gasteiger partial charge in [0.15, 0.2) is 23.2 Å². The SMILES string of the molecule is O=P(O)(O)C(SC[C@H]1O[C@@H](n2cnc3c(NCc4ccccc4)ncnc32)C(O)[C@@H]1O)c1ccccc1. The number of ether oxygens (including phenoxy) is 1. The van der Waals surface area contributed by atoms with Crippen LogP contribution in [0.5, 0.6) is 0 Å². The van der Waals surface area contributed by atoms with Crippen molar-refractivity contribution in [2.45, 2.75) is 36.1 Å². The van der Waals surface area contributed by atoms with E-state index in [-0.39, 0.29) is 5.75 Å². The van der Waals surface area contributed by atoms with Gasteiger partial charge in [0.2, 0.25) is 0 Å². The maximum atomic E-state index is 12.1. The molecule has 1 aliphatic rings. The van der Waals surface area contributed by atoms with Gasteiger partial charge in [-0.1, -0.05) is 60.7 Å². The molecule has 37 heavy (non-hydrogen) atoms. The third-order valence-electron chi connectivity index (χ3n) is 6.08. The molecule has 0 aliphatic carbocycles. The fraction of sp³-hybridized carbons (Fsp3) is 0.292. The molecule has 1 fully saturated rings. The number of anilines is 1. The molecule has 0 saturated carbocycles. The van der Waals surface area contributed by atoms with E-state index in [0.29, 0.717) is 29.1 Å². The molecule has 0 radical (unpaired) electrons. The fourth-order valence-corrected chi connectivity index (χ4v) is 6.83. The van der Waals surface area contributed by atoms with E-state index in [9.17, 15) is 24.6 Å². The number of fused-ring (bicyclic) bond motifs is 1. The number of hydrogen-bond donors (Lipinski definition) is 5. The summed E-state index contributed by atoms with van der Waals surface area (Å²) < 4.78 is 19.6. The Balaban J connectivity index is 1.32. The van der Waals surface area contributed by atoms with Crippen LogP contribution in [0, 0.1) is 0 Å². The zero-order chi connectivity index (χ0) is 26.0. The average molecular weight is 544 g/mol. The first-order chi connectivity index (χ1) is 17.8. The van der Waals surface area contributed by atoms with Gasteiger partial charge in [-0.3, -0.25) is 9.13 Å². The molecule has 5 rings (SSSR count). The molecular weight excluding hydrogens is 517 g/mol. The van der Waals surface area contributed by atoms with Gasteiger partial charge in [-0.25, -0.2) is 15.0 Å². The highest BCUT2D eigenvalue weighted by atomic mass is 32.2. The maximum Gasteiger partial charge on any atom is 0.342 e. The second-order valence-corrected chi connectivity index (χ2v) is 11.8. The summed E-state index contributed by atoms with van der Waals surface area (Å²) in [5.74, 6) is 0.560. The van der Waals surface area contributed by atoms with Crippen LogP contribution in [0.3, 0.4) is 0 Å². The molecule has 0 bridgehead atoms. The van der Waals surface area contributed by atoms with Crippen molar-refractivity contribution in [3.8, 4) is 0 Å². The zero-order valence-electron chi connectivity index (χ0n) is 19.5. The molecule has 13 heteroatoms. The molecule has 2 unspecified atom stereocenters. The molecule has 11 nitrogen and oxygen atoms in total. The van der Waals surface area contributed by atoms with Crippen molar-refractivity contribution in [2.24, 2.45) is 0 Å². The molecule has 2 aromatic carbocycles. The van der Waals surface area contributed by atoms with Gasteiger partial charge in [0.1, 0.15) is 23.5 Å². The Morgan fingerprint density at radius 2 is 1.70 bits per heavy atom. The monoisotopic (exact) mass is 543 g/mol. The number of nitrogens with zero attached hydrogens (tertiary/aromatic N) is 4. The number of aliphatic hydroxyl groups is 2. The molecular formula is C24H26N5O6PS. The molecule has 1 saturated heterocycles. The van der Waals surface area contributed by atoms with Crippen LogP contribution in [0.15, 0.2) is 73.3 Å². The minimum absolute atomic E-state index is 0.0465. The number of aliphatic hydroxyl groups excluding tert-OH is 2. The normalized spacial score (nSPS) is 22.8. The van der Waals surface area contributed by atoms with Crippen molar-refractivity contribution in [3.05, 3.63) is 84.4 Å². The third-order valence-corrected chi connectivity index (χ3v) is 9.37. The Labute approximate surface area is 216 Å². The van der Waals surface area contributed by atoms with E-state index in [2.05, 4.69) is 20.3 Å². The van der Waals surface area contributed by atoms with E-state index >= 15 is 0 Å². The van der Waals surface area contributed by atoms with Gasteiger partial charge in [0.05, 0.1) is 12.4 Å². The summed E-state index contributed by atoms with van der Waals surface area (Å²) >= 11 is 0.975. The molecule has 1 aliphatic heterocycles. The first-order valence-corrected chi connectivity index (χ1v) is 14.2. The number of benzene rings is 2. The summed E-state index contributed by atoms with van der Waals surface area (Å²) in [5, 5.41) is 24.7. The van der Waals surface area contributed by atoms with E-state index in [1.54, 1.807) is 30.3 Å². The van der Waals surface area contributed by atoms with Crippen LogP contribution in [0.25, 0.3) is 11.2 Å². The van der Waals surface area contributed by atoms with Crippen LogP contribution in [0.1, 0.15) is 22.3 Å². The molecule has 2 aromatic heterocycles. The molecule has 0 spiro atoms. The Hall–Kier alpha value is -2.83. The van der Waals surface area contributed by atoms with Crippen molar-refractivity contribution in [2.75, 3.05) is 11.1 Å². The van der Waals surface area contributed by atoms with Gasteiger partial charge in [-0.05, 0) is 11.1 Å². The lowest BCUT2D eigenvalue weighted by Gasteiger charge is -2.21. The summed E-state index contributed by atoms with van der Waals surface area (Å²) in [5.41, 5.74) is 2.42. The number of thioether (sulfide) groups is 1. The van der Waals surface area contributed by atoms with E-state index in [0.717, 1.165) is 17.3 Å². The van der Waals surface area contributed by atoms with Gasteiger partial charge in [-0.2, -0.15) is 0 Å². The number of rotatable bonds is 9. The summed E-state index contributed by atoms with van der Waals surface area (Å²) in [6.45, 7) is 0.530. The summed E-state index contributed by atoms with van der Waals surface area (Å²) in [4.78, 5) is 31.6. The highest BCUT2D eigenvalue weighted by Crippen LogP contribution is 2.58. The van der Waals surface area contributed by atoms with Gasteiger partial charge >= 0.3 is 7.60 Å². The first kappa shape index (κ1) is 25.8.